The molecule has 21 heavy (non-hydrogen) atoms. The summed E-state index contributed by atoms with van der Waals surface area (Å²) in [5.41, 5.74) is -0.289. The highest BCUT2D eigenvalue weighted by atomic mass is 32.2. The second-order valence-corrected chi connectivity index (χ2v) is 7.73. The molecule has 2 aliphatic rings. The van der Waals surface area contributed by atoms with Crippen molar-refractivity contribution in [2.45, 2.75) is 36.6 Å². The summed E-state index contributed by atoms with van der Waals surface area (Å²) in [4.78, 5) is 16.1. The third-order valence-corrected chi connectivity index (χ3v) is 6.27. The van der Waals surface area contributed by atoms with Gasteiger partial charge in [0.2, 0.25) is 15.6 Å². The van der Waals surface area contributed by atoms with Crippen molar-refractivity contribution in [1.82, 2.24) is 14.2 Å². The van der Waals surface area contributed by atoms with Crippen LogP contribution < -0.4 is 5.56 Å². The number of hydrogen-bond acceptors (Lipinski definition) is 4. The topological polar surface area (TPSA) is 73.5 Å². The highest BCUT2D eigenvalue weighted by Crippen LogP contribution is 2.24. The van der Waals surface area contributed by atoms with E-state index in [0.717, 1.165) is 25.9 Å². The minimum Gasteiger partial charge on any atom is -0.328 e. The summed E-state index contributed by atoms with van der Waals surface area (Å²) in [5.74, 6) is 0. The molecule has 0 aromatic carbocycles. The number of H-pyrrole nitrogens is 1. The van der Waals surface area contributed by atoms with Crippen molar-refractivity contribution in [3.8, 4) is 0 Å². The molecule has 0 spiro atoms. The second kappa shape index (κ2) is 5.90. The summed E-state index contributed by atoms with van der Waals surface area (Å²) in [6, 6.07) is 2.97. The van der Waals surface area contributed by atoms with Gasteiger partial charge in [0, 0.05) is 31.4 Å². The number of nitrogens with one attached hydrogen (secondary N) is 1. The molecule has 116 valence electrons. The summed E-state index contributed by atoms with van der Waals surface area (Å²) >= 11 is 0. The normalized spacial score (nSPS) is 25.2. The van der Waals surface area contributed by atoms with Crippen molar-refractivity contribution >= 4 is 10.0 Å². The van der Waals surface area contributed by atoms with Crippen LogP contribution in [-0.2, 0) is 10.0 Å². The zero-order valence-corrected chi connectivity index (χ0v) is 12.8. The first-order chi connectivity index (χ1) is 10.1. The Morgan fingerprint density at radius 1 is 1.10 bits per heavy atom. The summed E-state index contributed by atoms with van der Waals surface area (Å²) in [6.45, 7) is 3.28. The molecule has 2 saturated heterocycles. The molecule has 0 aliphatic carbocycles. The highest BCUT2D eigenvalue weighted by Gasteiger charge is 2.33. The Hall–Kier alpha value is -1.18. The molecule has 0 bridgehead atoms. The van der Waals surface area contributed by atoms with Gasteiger partial charge in [-0.15, -0.1) is 0 Å². The van der Waals surface area contributed by atoms with Crippen molar-refractivity contribution in [2.75, 3.05) is 26.2 Å². The minimum absolute atomic E-state index is 0.171. The van der Waals surface area contributed by atoms with Crippen LogP contribution >= 0.6 is 0 Å². The molecule has 3 heterocycles. The average Bonchev–Trinajstić information content (AvgIpc) is 3.02. The molecule has 1 N–H and O–H groups in total. The van der Waals surface area contributed by atoms with Crippen LogP contribution in [0.15, 0.2) is 28.0 Å². The molecule has 0 amide bonds. The first-order valence-corrected chi connectivity index (χ1v) is 8.94. The van der Waals surface area contributed by atoms with Crippen LogP contribution in [0.4, 0.5) is 0 Å². The first kappa shape index (κ1) is 14.7. The summed E-state index contributed by atoms with van der Waals surface area (Å²) < 4.78 is 26.9. The van der Waals surface area contributed by atoms with E-state index in [-0.39, 0.29) is 10.5 Å². The summed E-state index contributed by atoms with van der Waals surface area (Å²) in [5, 5.41) is 0. The number of hydrogen-bond donors (Lipinski definition) is 1. The van der Waals surface area contributed by atoms with E-state index in [1.807, 2.05) is 0 Å². The number of aromatic amines is 1. The number of nitrogens with zero attached hydrogens (tertiary/aromatic N) is 2. The number of piperidine rings is 1. The lowest BCUT2D eigenvalue weighted by Gasteiger charge is -2.36. The van der Waals surface area contributed by atoms with E-state index in [4.69, 9.17) is 0 Å². The quantitative estimate of drug-likeness (QED) is 0.888. The van der Waals surface area contributed by atoms with Crippen LogP contribution in [-0.4, -0.2) is 54.8 Å². The smallest absolute Gasteiger partial charge is 0.247 e. The van der Waals surface area contributed by atoms with Gasteiger partial charge in [-0.1, -0.05) is 0 Å². The largest absolute Gasteiger partial charge is 0.328 e. The van der Waals surface area contributed by atoms with Gasteiger partial charge in [0.05, 0.1) is 4.90 Å². The van der Waals surface area contributed by atoms with Crippen molar-refractivity contribution < 1.29 is 8.42 Å². The third kappa shape index (κ3) is 3.04. The SMILES string of the molecule is O=c1ccc(S(=O)(=O)N2CCCC(N3CCCC3)C2)c[nH]1. The van der Waals surface area contributed by atoms with E-state index >= 15 is 0 Å². The van der Waals surface area contributed by atoms with Crippen molar-refractivity contribution in [3.05, 3.63) is 28.7 Å². The van der Waals surface area contributed by atoms with Gasteiger partial charge in [-0.25, -0.2) is 8.42 Å². The van der Waals surface area contributed by atoms with Gasteiger partial charge in [0.15, 0.2) is 0 Å². The number of likely N-dealkylation sites (tertiary alicyclic amines) is 1. The van der Waals surface area contributed by atoms with E-state index in [2.05, 4.69) is 9.88 Å². The van der Waals surface area contributed by atoms with Crippen LogP contribution in [0, 0.1) is 0 Å². The fraction of sp³-hybridized carbons (Fsp3) is 0.643. The molecule has 2 fully saturated rings. The van der Waals surface area contributed by atoms with Crippen LogP contribution in [0.3, 0.4) is 0 Å². The molecular weight excluding hydrogens is 290 g/mol. The summed E-state index contributed by atoms with van der Waals surface area (Å²) in [6.07, 6.45) is 5.67. The van der Waals surface area contributed by atoms with Gasteiger partial charge in [-0.2, -0.15) is 4.31 Å². The molecule has 7 heteroatoms. The number of rotatable bonds is 3. The molecule has 6 nitrogen and oxygen atoms in total. The monoisotopic (exact) mass is 311 g/mol. The molecule has 1 aromatic rings. The maximum absolute atomic E-state index is 12.6. The lowest BCUT2D eigenvalue weighted by atomic mass is 10.1. The minimum atomic E-state index is -3.50. The molecule has 0 radical (unpaired) electrons. The van der Waals surface area contributed by atoms with Gasteiger partial charge in [0.1, 0.15) is 0 Å². The van der Waals surface area contributed by atoms with E-state index in [0.29, 0.717) is 19.1 Å². The van der Waals surface area contributed by atoms with Gasteiger partial charge in [0.25, 0.3) is 0 Å². The molecule has 0 saturated carbocycles. The lowest BCUT2D eigenvalue weighted by molar-refractivity contribution is 0.162. The first-order valence-electron chi connectivity index (χ1n) is 7.50. The van der Waals surface area contributed by atoms with Crippen LogP contribution in [0.2, 0.25) is 0 Å². The maximum atomic E-state index is 12.6. The average molecular weight is 311 g/mol. The molecule has 2 aliphatic heterocycles. The van der Waals surface area contributed by atoms with Crippen LogP contribution in [0.1, 0.15) is 25.7 Å². The standard InChI is InChI=1S/C14H21N3O3S/c18-14-6-5-13(10-15-14)21(19,20)17-9-3-4-12(11-17)16-7-1-2-8-16/h5-6,10,12H,1-4,7-9,11H2,(H,15,18). The Kier molecular flexibility index (Phi) is 4.14. The van der Waals surface area contributed by atoms with Crippen LogP contribution in [0.5, 0.6) is 0 Å². The van der Waals surface area contributed by atoms with E-state index < -0.39 is 10.0 Å². The number of aromatic nitrogens is 1. The van der Waals surface area contributed by atoms with Crippen molar-refractivity contribution in [1.29, 1.82) is 0 Å². The zero-order valence-electron chi connectivity index (χ0n) is 12.0. The zero-order chi connectivity index (χ0) is 14.9. The lowest BCUT2D eigenvalue weighted by Crippen LogP contribution is -2.48. The van der Waals surface area contributed by atoms with Crippen molar-refractivity contribution in [2.24, 2.45) is 0 Å². The van der Waals surface area contributed by atoms with Gasteiger partial charge < -0.3 is 4.98 Å². The van der Waals surface area contributed by atoms with Gasteiger partial charge in [-0.05, 0) is 44.8 Å². The van der Waals surface area contributed by atoms with E-state index in [1.54, 1.807) is 4.31 Å². The maximum Gasteiger partial charge on any atom is 0.247 e. The van der Waals surface area contributed by atoms with Gasteiger partial charge >= 0.3 is 0 Å². The number of sulfonamides is 1. The predicted octanol–water partition coefficient (Wildman–Crippen LogP) is 0.624. The predicted molar refractivity (Wildman–Crippen MR) is 79.7 cm³/mol. The Morgan fingerprint density at radius 3 is 2.52 bits per heavy atom. The van der Waals surface area contributed by atoms with Gasteiger partial charge in [-0.3, -0.25) is 9.69 Å². The fourth-order valence-electron chi connectivity index (χ4n) is 3.25. The Morgan fingerprint density at radius 2 is 1.86 bits per heavy atom. The third-order valence-electron chi connectivity index (χ3n) is 4.41. The van der Waals surface area contributed by atoms with Crippen LogP contribution in [0.25, 0.3) is 0 Å². The molecular formula is C14H21N3O3S. The Labute approximate surface area is 124 Å². The Balaban J connectivity index is 1.78. The molecule has 1 unspecified atom stereocenters. The second-order valence-electron chi connectivity index (χ2n) is 5.79. The molecule has 3 rings (SSSR count). The van der Waals surface area contributed by atoms with Crippen molar-refractivity contribution in [3.63, 3.8) is 0 Å². The summed E-state index contributed by atoms with van der Waals surface area (Å²) in [7, 11) is -3.50. The van der Waals surface area contributed by atoms with E-state index in [9.17, 15) is 13.2 Å². The number of pyridine rings is 1. The van der Waals surface area contributed by atoms with E-state index in [1.165, 1.54) is 31.2 Å². The fourth-order valence-corrected chi connectivity index (χ4v) is 4.73. The molecule has 1 atom stereocenters. The molecule has 1 aromatic heterocycles. The Bertz CT molecular complexity index is 629. The highest BCUT2D eigenvalue weighted by molar-refractivity contribution is 7.89.